The molecule has 4 amide bonds. The lowest BCUT2D eigenvalue weighted by Crippen LogP contribution is -2.51. The fourth-order valence-corrected chi connectivity index (χ4v) is 2.34. The molecule has 2 N–H and O–H groups in total. The molecule has 0 radical (unpaired) electrons. The van der Waals surface area contributed by atoms with Crippen LogP contribution in [0.4, 0.5) is 4.79 Å². The lowest BCUT2D eigenvalue weighted by Gasteiger charge is -2.12. The third-order valence-electron chi connectivity index (χ3n) is 3.52. The summed E-state index contributed by atoms with van der Waals surface area (Å²) in [5, 5.41) is 4.13. The highest BCUT2D eigenvalue weighted by Gasteiger charge is 2.26. The van der Waals surface area contributed by atoms with E-state index >= 15 is 0 Å². The van der Waals surface area contributed by atoms with Crippen molar-refractivity contribution in [1.29, 1.82) is 0 Å². The first-order valence-corrected chi connectivity index (χ1v) is 7.64. The van der Waals surface area contributed by atoms with E-state index in [0.717, 1.165) is 0 Å². The van der Waals surface area contributed by atoms with Gasteiger partial charge in [0.05, 0.1) is 10.9 Å². The fraction of sp³-hybridized carbons (Fsp3) is 0.0556. The number of carbonyl (C=O) groups excluding carboxylic acids is 4. The molecule has 0 unspecified atom stereocenters. The van der Waals surface area contributed by atoms with Gasteiger partial charge in [-0.2, -0.15) is 0 Å². The summed E-state index contributed by atoms with van der Waals surface area (Å²) in [6.07, 6.45) is 5.04. The standard InChI is InChI=1S/C18H12N2O7/c1-9(21)27-11-5-6-12-14(7-11)26-8-10(15(12)22)3-2-4-13-16(23)19-18(25)20-17(13)24/h2-8H,1H3,(H2,19,20,23,24,25)/b3-2+. The van der Waals surface area contributed by atoms with E-state index in [1.54, 1.807) is 0 Å². The number of nitrogens with one attached hydrogen (secondary N) is 2. The van der Waals surface area contributed by atoms with Crippen molar-refractivity contribution < 1.29 is 28.3 Å². The molecule has 0 atom stereocenters. The summed E-state index contributed by atoms with van der Waals surface area (Å²) < 4.78 is 10.3. The van der Waals surface area contributed by atoms with Crippen molar-refractivity contribution in [3.05, 3.63) is 58.0 Å². The second-order valence-electron chi connectivity index (χ2n) is 5.45. The highest BCUT2D eigenvalue weighted by atomic mass is 16.5. The number of carbonyl (C=O) groups is 4. The minimum atomic E-state index is -0.894. The van der Waals surface area contributed by atoms with Gasteiger partial charge in [-0.15, -0.1) is 0 Å². The van der Waals surface area contributed by atoms with Crippen molar-refractivity contribution in [3.8, 4) is 5.75 Å². The Hall–Kier alpha value is -4.01. The van der Waals surface area contributed by atoms with E-state index in [1.807, 2.05) is 10.6 Å². The topological polar surface area (TPSA) is 132 Å². The Morgan fingerprint density at radius 2 is 1.81 bits per heavy atom. The van der Waals surface area contributed by atoms with E-state index in [9.17, 15) is 24.0 Å². The highest BCUT2D eigenvalue weighted by Crippen LogP contribution is 2.19. The minimum Gasteiger partial charge on any atom is -0.463 e. The normalized spacial score (nSPS) is 14.3. The van der Waals surface area contributed by atoms with Crippen molar-refractivity contribution in [3.63, 3.8) is 0 Å². The molecule has 1 aromatic carbocycles. The van der Waals surface area contributed by atoms with Gasteiger partial charge in [0.1, 0.15) is 23.2 Å². The Balaban J connectivity index is 1.89. The molecule has 0 saturated carbocycles. The summed E-state index contributed by atoms with van der Waals surface area (Å²) in [5.74, 6) is -1.93. The van der Waals surface area contributed by atoms with Gasteiger partial charge in [-0.25, -0.2) is 4.79 Å². The van der Waals surface area contributed by atoms with Gasteiger partial charge in [0.2, 0.25) is 0 Å². The van der Waals surface area contributed by atoms with Crippen molar-refractivity contribution >= 4 is 40.9 Å². The first-order chi connectivity index (χ1) is 12.8. The number of allylic oxidation sites excluding steroid dienone is 2. The van der Waals surface area contributed by atoms with E-state index in [1.165, 1.54) is 49.6 Å². The van der Waals surface area contributed by atoms with E-state index in [4.69, 9.17) is 9.15 Å². The molecule has 27 heavy (non-hydrogen) atoms. The van der Waals surface area contributed by atoms with Crippen molar-refractivity contribution in [2.24, 2.45) is 0 Å². The quantitative estimate of drug-likeness (QED) is 0.358. The smallest absolute Gasteiger partial charge is 0.328 e. The summed E-state index contributed by atoms with van der Waals surface area (Å²) in [7, 11) is 0. The molecule has 9 nitrogen and oxygen atoms in total. The van der Waals surface area contributed by atoms with E-state index < -0.39 is 23.8 Å². The largest absolute Gasteiger partial charge is 0.463 e. The monoisotopic (exact) mass is 368 g/mol. The lowest BCUT2D eigenvalue weighted by atomic mass is 10.1. The predicted molar refractivity (Wildman–Crippen MR) is 92.6 cm³/mol. The molecule has 9 heteroatoms. The molecular weight excluding hydrogens is 356 g/mol. The van der Waals surface area contributed by atoms with Crippen LogP contribution in [0.2, 0.25) is 0 Å². The summed E-state index contributed by atoms with van der Waals surface area (Å²) in [6, 6.07) is 3.45. The summed E-state index contributed by atoms with van der Waals surface area (Å²) in [6.45, 7) is 1.26. The van der Waals surface area contributed by atoms with Gasteiger partial charge >= 0.3 is 12.0 Å². The van der Waals surface area contributed by atoms with Crippen LogP contribution in [0.1, 0.15) is 12.5 Å². The number of barbiturate groups is 1. The van der Waals surface area contributed by atoms with Gasteiger partial charge < -0.3 is 9.15 Å². The predicted octanol–water partition coefficient (Wildman–Crippen LogP) is 1.02. The number of rotatable bonds is 3. The second-order valence-corrected chi connectivity index (χ2v) is 5.45. The number of imide groups is 2. The van der Waals surface area contributed by atoms with Crippen LogP contribution in [-0.2, 0) is 14.4 Å². The second kappa shape index (κ2) is 7.08. The number of amides is 4. The average Bonchev–Trinajstić information content (AvgIpc) is 2.58. The third-order valence-corrected chi connectivity index (χ3v) is 3.52. The molecular formula is C18H12N2O7. The Morgan fingerprint density at radius 3 is 2.48 bits per heavy atom. The summed E-state index contributed by atoms with van der Waals surface area (Å²) in [4.78, 5) is 57.6. The molecule has 1 aliphatic rings. The zero-order valence-corrected chi connectivity index (χ0v) is 13.9. The molecule has 136 valence electrons. The van der Waals surface area contributed by atoms with Crippen molar-refractivity contribution in [2.45, 2.75) is 6.92 Å². The zero-order valence-electron chi connectivity index (χ0n) is 13.9. The van der Waals surface area contributed by atoms with Crippen LogP contribution in [0.15, 0.2) is 51.4 Å². The number of fused-ring (bicyclic) bond motifs is 1. The molecule has 3 rings (SSSR count). The van der Waals surface area contributed by atoms with Gasteiger partial charge in [0.15, 0.2) is 5.43 Å². The summed E-state index contributed by atoms with van der Waals surface area (Å²) >= 11 is 0. The van der Waals surface area contributed by atoms with Gasteiger partial charge in [0.25, 0.3) is 11.8 Å². The van der Waals surface area contributed by atoms with E-state index in [0.29, 0.717) is 0 Å². The minimum absolute atomic E-state index is 0.173. The molecule has 0 aliphatic carbocycles. The van der Waals surface area contributed by atoms with Crippen LogP contribution in [-0.4, -0.2) is 23.8 Å². The number of hydrogen-bond donors (Lipinski definition) is 2. The fourth-order valence-electron chi connectivity index (χ4n) is 2.34. The summed E-state index contributed by atoms with van der Waals surface area (Å²) in [5.41, 5.74) is -0.221. The van der Waals surface area contributed by atoms with Crippen LogP contribution in [0.25, 0.3) is 17.0 Å². The van der Waals surface area contributed by atoms with Crippen LogP contribution in [0.3, 0.4) is 0 Å². The van der Waals surface area contributed by atoms with Crippen LogP contribution in [0.5, 0.6) is 5.75 Å². The molecule has 1 aliphatic heterocycles. The van der Waals surface area contributed by atoms with Crippen molar-refractivity contribution in [1.82, 2.24) is 10.6 Å². The highest BCUT2D eigenvalue weighted by molar-refractivity contribution is 6.29. The number of ether oxygens (including phenoxy) is 1. The number of hydrogen-bond acceptors (Lipinski definition) is 7. The van der Waals surface area contributed by atoms with E-state index in [-0.39, 0.29) is 33.3 Å². The first-order valence-electron chi connectivity index (χ1n) is 7.64. The van der Waals surface area contributed by atoms with Gasteiger partial charge in [-0.3, -0.25) is 29.8 Å². The number of benzene rings is 1. The maximum Gasteiger partial charge on any atom is 0.328 e. The average molecular weight is 368 g/mol. The van der Waals surface area contributed by atoms with E-state index in [2.05, 4.69) is 0 Å². The van der Waals surface area contributed by atoms with Gasteiger partial charge in [-0.05, 0) is 24.3 Å². The molecule has 2 heterocycles. The first kappa shape index (κ1) is 17.8. The lowest BCUT2D eigenvalue weighted by molar-refractivity contribution is -0.132. The maximum absolute atomic E-state index is 12.5. The van der Waals surface area contributed by atoms with Gasteiger partial charge in [0, 0.05) is 13.0 Å². The molecule has 0 spiro atoms. The molecule has 1 fully saturated rings. The van der Waals surface area contributed by atoms with Crippen LogP contribution in [0, 0.1) is 0 Å². The third kappa shape index (κ3) is 3.82. The molecule has 0 bridgehead atoms. The Bertz CT molecular complexity index is 1090. The molecule has 1 aromatic heterocycles. The Kier molecular flexibility index (Phi) is 4.67. The molecule has 2 aromatic rings. The van der Waals surface area contributed by atoms with Crippen molar-refractivity contribution in [2.75, 3.05) is 0 Å². The Labute approximate surface area is 151 Å². The zero-order chi connectivity index (χ0) is 19.6. The maximum atomic E-state index is 12.5. The number of urea groups is 1. The SMILES string of the molecule is CC(=O)Oc1ccc2c(=O)c(/C=C/C=C3C(=O)NC(=O)NC3=O)coc2c1. The van der Waals surface area contributed by atoms with Gasteiger partial charge in [-0.1, -0.05) is 6.08 Å². The van der Waals surface area contributed by atoms with Crippen LogP contribution >= 0.6 is 0 Å². The molecule has 1 saturated heterocycles. The number of esters is 1. The van der Waals surface area contributed by atoms with Crippen LogP contribution < -0.4 is 20.8 Å². The Morgan fingerprint density at radius 1 is 1.11 bits per heavy atom.